The van der Waals surface area contributed by atoms with Gasteiger partial charge in [0.25, 0.3) is 5.91 Å². The van der Waals surface area contributed by atoms with Crippen LogP contribution >= 0.6 is 0 Å². The van der Waals surface area contributed by atoms with E-state index < -0.39 is 0 Å². The number of carbonyl (C=O) groups excluding carboxylic acids is 1. The van der Waals surface area contributed by atoms with Crippen LogP contribution in [-0.4, -0.2) is 42.1 Å². The molecule has 1 N–H and O–H groups in total. The van der Waals surface area contributed by atoms with E-state index in [1.54, 1.807) is 0 Å². The molecule has 0 aromatic carbocycles. The van der Waals surface area contributed by atoms with Crippen molar-refractivity contribution in [3.8, 4) is 0 Å². The molecule has 2 atom stereocenters. The van der Waals surface area contributed by atoms with E-state index in [1.807, 2.05) is 4.90 Å². The van der Waals surface area contributed by atoms with E-state index in [-0.39, 0.29) is 5.91 Å². The van der Waals surface area contributed by atoms with Gasteiger partial charge in [0, 0.05) is 26.2 Å². The lowest BCUT2D eigenvalue weighted by atomic mass is 10.0. The number of likely N-dealkylation sites (tertiary alicyclic amines) is 1. The van der Waals surface area contributed by atoms with Crippen LogP contribution < -0.4 is 5.32 Å². The topological polar surface area (TPSA) is 58.4 Å². The molecule has 2 fully saturated rings. The highest BCUT2D eigenvalue weighted by Gasteiger charge is 2.38. The third-order valence-corrected chi connectivity index (χ3v) is 3.36. The zero-order valence-electron chi connectivity index (χ0n) is 8.35. The van der Waals surface area contributed by atoms with Crippen LogP contribution in [-0.2, 0) is 0 Å². The van der Waals surface area contributed by atoms with Crippen molar-refractivity contribution in [2.24, 2.45) is 11.8 Å². The molecule has 0 aliphatic carbocycles. The Morgan fingerprint density at radius 1 is 1.47 bits per heavy atom. The standard InChI is InChI=1S/C10H13N3O2/c14-10(9-3-12-15-6-9)13-4-7-1-11-2-8(7)5-13/h3,6-8,11H,1-2,4-5H2. The molecule has 2 unspecified atom stereocenters. The minimum atomic E-state index is 0.0469. The summed E-state index contributed by atoms with van der Waals surface area (Å²) in [5, 5.41) is 6.90. The second kappa shape index (κ2) is 3.34. The first-order valence-corrected chi connectivity index (χ1v) is 5.24. The zero-order chi connectivity index (χ0) is 10.3. The Kier molecular flexibility index (Phi) is 1.98. The molecule has 3 rings (SSSR count). The Labute approximate surface area is 87.4 Å². The molecule has 1 amide bonds. The van der Waals surface area contributed by atoms with Crippen molar-refractivity contribution in [1.29, 1.82) is 0 Å². The minimum Gasteiger partial charge on any atom is -0.364 e. The van der Waals surface area contributed by atoms with Crippen molar-refractivity contribution in [2.45, 2.75) is 0 Å². The summed E-state index contributed by atoms with van der Waals surface area (Å²) in [6, 6.07) is 0. The van der Waals surface area contributed by atoms with E-state index in [0.717, 1.165) is 26.2 Å². The van der Waals surface area contributed by atoms with Gasteiger partial charge in [0.05, 0.1) is 11.8 Å². The lowest BCUT2D eigenvalue weighted by molar-refractivity contribution is 0.0781. The Balaban J connectivity index is 1.72. The number of nitrogens with zero attached hydrogens (tertiary/aromatic N) is 2. The molecule has 0 spiro atoms. The van der Waals surface area contributed by atoms with Gasteiger partial charge in [-0.2, -0.15) is 0 Å². The maximum atomic E-state index is 11.9. The van der Waals surface area contributed by atoms with Gasteiger partial charge in [0.1, 0.15) is 6.26 Å². The predicted octanol–water partition coefficient (Wildman–Crippen LogP) is -0.0340. The third kappa shape index (κ3) is 1.43. The number of rotatable bonds is 1. The molecule has 80 valence electrons. The van der Waals surface area contributed by atoms with Crippen molar-refractivity contribution in [1.82, 2.24) is 15.4 Å². The lowest BCUT2D eigenvalue weighted by Gasteiger charge is -2.15. The number of hydrogen-bond acceptors (Lipinski definition) is 4. The Morgan fingerprint density at radius 2 is 2.20 bits per heavy atom. The van der Waals surface area contributed by atoms with Gasteiger partial charge in [-0.25, -0.2) is 0 Å². The Morgan fingerprint density at radius 3 is 2.80 bits per heavy atom. The number of carbonyl (C=O) groups is 1. The van der Waals surface area contributed by atoms with Crippen molar-refractivity contribution >= 4 is 5.91 Å². The first-order valence-electron chi connectivity index (χ1n) is 5.24. The van der Waals surface area contributed by atoms with Crippen LogP contribution in [0, 0.1) is 11.8 Å². The molecule has 5 nitrogen and oxygen atoms in total. The molecule has 0 saturated carbocycles. The molecule has 15 heavy (non-hydrogen) atoms. The van der Waals surface area contributed by atoms with E-state index in [2.05, 4.69) is 15.0 Å². The molecule has 1 aromatic rings. The summed E-state index contributed by atoms with van der Waals surface area (Å²) in [6.07, 6.45) is 2.89. The molecule has 2 aliphatic heterocycles. The van der Waals surface area contributed by atoms with Crippen LogP contribution in [0.15, 0.2) is 17.0 Å². The summed E-state index contributed by atoms with van der Waals surface area (Å²) in [6.45, 7) is 3.81. The highest BCUT2D eigenvalue weighted by molar-refractivity contribution is 5.93. The fraction of sp³-hybridized carbons (Fsp3) is 0.600. The van der Waals surface area contributed by atoms with Gasteiger partial charge >= 0.3 is 0 Å². The fourth-order valence-corrected chi connectivity index (χ4v) is 2.51. The first-order chi connectivity index (χ1) is 7.34. The zero-order valence-corrected chi connectivity index (χ0v) is 8.35. The van der Waals surface area contributed by atoms with Gasteiger partial charge in [-0.3, -0.25) is 4.79 Å². The monoisotopic (exact) mass is 207 g/mol. The van der Waals surface area contributed by atoms with Gasteiger partial charge in [-0.15, -0.1) is 0 Å². The molecule has 2 saturated heterocycles. The van der Waals surface area contributed by atoms with Crippen LogP contribution in [0.4, 0.5) is 0 Å². The number of nitrogens with one attached hydrogen (secondary N) is 1. The normalized spacial score (nSPS) is 29.5. The van der Waals surface area contributed by atoms with E-state index >= 15 is 0 Å². The lowest BCUT2D eigenvalue weighted by Crippen LogP contribution is -2.31. The highest BCUT2D eigenvalue weighted by atomic mass is 16.5. The average molecular weight is 207 g/mol. The maximum absolute atomic E-state index is 11.9. The Bertz CT molecular complexity index is 351. The van der Waals surface area contributed by atoms with Crippen LogP contribution in [0.25, 0.3) is 0 Å². The van der Waals surface area contributed by atoms with E-state index in [0.29, 0.717) is 17.4 Å². The molecule has 1 aromatic heterocycles. The highest BCUT2D eigenvalue weighted by Crippen LogP contribution is 2.27. The molecular formula is C10H13N3O2. The number of hydrogen-bond donors (Lipinski definition) is 1. The van der Waals surface area contributed by atoms with Gasteiger partial charge in [0.15, 0.2) is 0 Å². The summed E-state index contributed by atoms with van der Waals surface area (Å²) in [4.78, 5) is 13.9. The van der Waals surface area contributed by atoms with Crippen LogP contribution in [0.3, 0.4) is 0 Å². The van der Waals surface area contributed by atoms with Gasteiger partial charge in [-0.1, -0.05) is 5.16 Å². The second-order valence-corrected chi connectivity index (χ2v) is 4.30. The minimum absolute atomic E-state index is 0.0469. The second-order valence-electron chi connectivity index (χ2n) is 4.30. The van der Waals surface area contributed by atoms with Crippen LogP contribution in [0.1, 0.15) is 10.4 Å². The number of aromatic nitrogens is 1. The molecule has 0 bridgehead atoms. The van der Waals surface area contributed by atoms with E-state index in [9.17, 15) is 4.79 Å². The molecule has 0 radical (unpaired) electrons. The van der Waals surface area contributed by atoms with Crippen LogP contribution in [0.2, 0.25) is 0 Å². The van der Waals surface area contributed by atoms with Crippen molar-refractivity contribution < 1.29 is 9.32 Å². The van der Waals surface area contributed by atoms with Gasteiger partial charge in [-0.05, 0) is 11.8 Å². The van der Waals surface area contributed by atoms with Crippen LogP contribution in [0.5, 0.6) is 0 Å². The van der Waals surface area contributed by atoms with E-state index in [4.69, 9.17) is 0 Å². The van der Waals surface area contributed by atoms with Crippen molar-refractivity contribution in [3.05, 3.63) is 18.0 Å². The largest absolute Gasteiger partial charge is 0.364 e. The van der Waals surface area contributed by atoms with Crippen molar-refractivity contribution in [2.75, 3.05) is 26.2 Å². The number of fused-ring (bicyclic) bond motifs is 1. The maximum Gasteiger partial charge on any atom is 0.258 e. The number of amides is 1. The SMILES string of the molecule is O=C(c1cnoc1)N1CC2CNCC2C1. The molecule has 5 heteroatoms. The average Bonchev–Trinajstić information content (AvgIpc) is 2.92. The Hall–Kier alpha value is -1.36. The summed E-state index contributed by atoms with van der Waals surface area (Å²) in [7, 11) is 0. The summed E-state index contributed by atoms with van der Waals surface area (Å²) in [5.74, 6) is 1.31. The summed E-state index contributed by atoms with van der Waals surface area (Å²) >= 11 is 0. The quantitative estimate of drug-likeness (QED) is 0.702. The molecule has 2 aliphatic rings. The van der Waals surface area contributed by atoms with Gasteiger partial charge in [0.2, 0.25) is 0 Å². The van der Waals surface area contributed by atoms with Crippen molar-refractivity contribution in [3.63, 3.8) is 0 Å². The smallest absolute Gasteiger partial charge is 0.258 e. The molecular weight excluding hydrogens is 194 g/mol. The first kappa shape index (κ1) is 8.91. The van der Waals surface area contributed by atoms with Gasteiger partial charge < -0.3 is 14.7 Å². The summed E-state index contributed by atoms with van der Waals surface area (Å²) < 4.78 is 4.68. The third-order valence-electron chi connectivity index (χ3n) is 3.36. The molecule has 3 heterocycles. The fourth-order valence-electron chi connectivity index (χ4n) is 2.51. The summed E-state index contributed by atoms with van der Waals surface area (Å²) in [5.41, 5.74) is 0.558. The predicted molar refractivity (Wildman–Crippen MR) is 52.3 cm³/mol. The van der Waals surface area contributed by atoms with E-state index in [1.165, 1.54) is 12.5 Å².